The van der Waals surface area contributed by atoms with Crippen LogP contribution >= 0.6 is 22.6 Å². The number of anilines is 1. The molecule has 0 radical (unpaired) electrons. The van der Waals surface area contributed by atoms with Gasteiger partial charge < -0.3 is 5.73 Å². The second-order valence-electron chi connectivity index (χ2n) is 3.33. The fourth-order valence-electron chi connectivity index (χ4n) is 1.45. The Morgan fingerprint density at radius 2 is 2.27 bits per heavy atom. The normalized spacial score (nSPS) is 11.1. The maximum absolute atomic E-state index is 5.79. The number of aryl methyl sites for hydroxylation is 1. The van der Waals surface area contributed by atoms with Crippen molar-refractivity contribution in [2.75, 3.05) is 5.73 Å². The Labute approximate surface area is 101 Å². The molecule has 2 rings (SSSR count). The van der Waals surface area contributed by atoms with Gasteiger partial charge in [-0.05, 0) is 29.0 Å². The summed E-state index contributed by atoms with van der Waals surface area (Å²) < 4.78 is 2.77. The van der Waals surface area contributed by atoms with Crippen molar-refractivity contribution in [2.45, 2.75) is 26.3 Å². The maximum atomic E-state index is 5.79. The summed E-state index contributed by atoms with van der Waals surface area (Å²) in [7, 11) is 0. The van der Waals surface area contributed by atoms with Gasteiger partial charge in [0.05, 0.1) is 5.39 Å². The van der Waals surface area contributed by atoms with Crippen LogP contribution in [0.25, 0.3) is 11.0 Å². The smallest absolute Gasteiger partial charge is 0.164 e. The number of rotatable bonds is 3. The minimum atomic E-state index is 0.507. The van der Waals surface area contributed by atoms with E-state index in [1.54, 1.807) is 0 Å². The lowest BCUT2D eigenvalue weighted by atomic mass is 10.3. The number of nitrogen functional groups attached to an aromatic ring is 1. The average molecular weight is 317 g/mol. The first-order valence-electron chi connectivity index (χ1n) is 4.86. The molecule has 80 valence electrons. The van der Waals surface area contributed by atoms with Gasteiger partial charge in [0.1, 0.15) is 15.8 Å². The number of hydrogen-bond acceptors (Lipinski definition) is 4. The summed E-state index contributed by atoms with van der Waals surface area (Å²) in [6, 6.07) is 0. The van der Waals surface area contributed by atoms with Crippen LogP contribution in [-0.2, 0) is 6.54 Å². The number of hydrogen-bond donors (Lipinski definition) is 1. The monoisotopic (exact) mass is 317 g/mol. The number of fused-ring (bicyclic) bond motifs is 1. The van der Waals surface area contributed by atoms with Gasteiger partial charge >= 0.3 is 0 Å². The first-order valence-corrected chi connectivity index (χ1v) is 5.94. The van der Waals surface area contributed by atoms with Gasteiger partial charge in [0, 0.05) is 6.54 Å². The fourth-order valence-corrected chi connectivity index (χ4v) is 2.23. The van der Waals surface area contributed by atoms with E-state index in [1.807, 2.05) is 4.68 Å². The Morgan fingerprint density at radius 3 is 3.00 bits per heavy atom. The van der Waals surface area contributed by atoms with Crippen LogP contribution in [0.1, 0.15) is 19.8 Å². The average Bonchev–Trinajstić information content (AvgIpc) is 2.54. The first kappa shape index (κ1) is 10.6. The molecule has 15 heavy (non-hydrogen) atoms. The van der Waals surface area contributed by atoms with Crippen LogP contribution in [0.2, 0.25) is 0 Å². The van der Waals surface area contributed by atoms with E-state index < -0.39 is 0 Å². The predicted molar refractivity (Wildman–Crippen MR) is 67.4 cm³/mol. The molecule has 0 amide bonds. The molecule has 0 bridgehead atoms. The molecule has 2 aromatic heterocycles. The SMILES string of the molecule is CCCCn1nc(I)c2c(N)ncnc21. The highest BCUT2D eigenvalue weighted by atomic mass is 127. The van der Waals surface area contributed by atoms with Crippen molar-refractivity contribution in [3.05, 3.63) is 10.0 Å². The van der Waals surface area contributed by atoms with Gasteiger partial charge in [-0.3, -0.25) is 0 Å². The standard InChI is InChI=1S/C9H12IN5/c1-2-3-4-15-9-6(7(10)14-15)8(11)12-5-13-9/h5H,2-4H2,1H3,(H2,11,12,13). The van der Waals surface area contributed by atoms with Gasteiger partial charge in [-0.1, -0.05) is 13.3 Å². The predicted octanol–water partition coefficient (Wildman–Crippen LogP) is 1.81. The van der Waals surface area contributed by atoms with Crippen LogP contribution in [0, 0.1) is 3.70 Å². The van der Waals surface area contributed by atoms with E-state index in [0.29, 0.717) is 5.82 Å². The summed E-state index contributed by atoms with van der Waals surface area (Å²) in [4.78, 5) is 8.19. The molecule has 0 atom stereocenters. The molecule has 0 aliphatic carbocycles. The van der Waals surface area contributed by atoms with Crippen LogP contribution in [0.4, 0.5) is 5.82 Å². The molecule has 0 aromatic carbocycles. The summed E-state index contributed by atoms with van der Waals surface area (Å²) in [5, 5.41) is 5.28. The van der Waals surface area contributed by atoms with Gasteiger partial charge in [0.2, 0.25) is 0 Å². The Balaban J connectivity index is 2.53. The Kier molecular flexibility index (Phi) is 3.03. The Bertz CT molecular complexity index is 479. The second-order valence-corrected chi connectivity index (χ2v) is 4.35. The molecule has 0 aliphatic rings. The molecule has 0 saturated carbocycles. The third-order valence-corrected chi connectivity index (χ3v) is 2.99. The van der Waals surface area contributed by atoms with E-state index in [1.165, 1.54) is 6.33 Å². The zero-order chi connectivity index (χ0) is 10.8. The van der Waals surface area contributed by atoms with Crippen molar-refractivity contribution in [2.24, 2.45) is 0 Å². The van der Waals surface area contributed by atoms with Crippen molar-refractivity contribution < 1.29 is 0 Å². The van der Waals surface area contributed by atoms with Crippen LogP contribution < -0.4 is 5.73 Å². The van der Waals surface area contributed by atoms with E-state index in [-0.39, 0.29) is 0 Å². The van der Waals surface area contributed by atoms with Crippen LogP contribution in [0.15, 0.2) is 6.33 Å². The van der Waals surface area contributed by atoms with Crippen LogP contribution in [0.5, 0.6) is 0 Å². The minimum absolute atomic E-state index is 0.507. The first-order chi connectivity index (χ1) is 7.24. The minimum Gasteiger partial charge on any atom is -0.383 e. The maximum Gasteiger partial charge on any atom is 0.164 e. The van der Waals surface area contributed by atoms with E-state index in [9.17, 15) is 0 Å². The van der Waals surface area contributed by atoms with Crippen molar-refractivity contribution in [3.8, 4) is 0 Å². The fraction of sp³-hybridized carbons (Fsp3) is 0.444. The van der Waals surface area contributed by atoms with Crippen LogP contribution in [0.3, 0.4) is 0 Å². The highest BCUT2D eigenvalue weighted by Crippen LogP contribution is 2.22. The summed E-state index contributed by atoms with van der Waals surface area (Å²) in [6.45, 7) is 3.03. The highest BCUT2D eigenvalue weighted by Gasteiger charge is 2.12. The van der Waals surface area contributed by atoms with Crippen molar-refractivity contribution in [1.82, 2.24) is 19.7 Å². The van der Waals surface area contributed by atoms with E-state index in [2.05, 4.69) is 44.6 Å². The number of nitrogens with zero attached hydrogens (tertiary/aromatic N) is 4. The van der Waals surface area contributed by atoms with Crippen molar-refractivity contribution >= 4 is 39.4 Å². The molecular formula is C9H12IN5. The molecular weight excluding hydrogens is 305 g/mol. The van der Waals surface area contributed by atoms with Crippen molar-refractivity contribution in [3.63, 3.8) is 0 Å². The topological polar surface area (TPSA) is 69.6 Å². The third kappa shape index (κ3) is 1.90. The zero-order valence-corrected chi connectivity index (χ0v) is 10.6. The van der Waals surface area contributed by atoms with E-state index >= 15 is 0 Å². The van der Waals surface area contributed by atoms with Gasteiger partial charge in [-0.15, -0.1) is 0 Å². The molecule has 0 fully saturated rings. The van der Waals surface area contributed by atoms with E-state index in [0.717, 1.165) is 34.1 Å². The number of nitrogens with two attached hydrogens (primary N) is 1. The van der Waals surface area contributed by atoms with Gasteiger partial charge in [0.25, 0.3) is 0 Å². The Hall–Kier alpha value is -0.920. The molecule has 0 unspecified atom stereocenters. The molecule has 2 N–H and O–H groups in total. The highest BCUT2D eigenvalue weighted by molar-refractivity contribution is 14.1. The summed E-state index contributed by atoms with van der Waals surface area (Å²) >= 11 is 2.16. The molecule has 6 heteroatoms. The number of unbranched alkanes of at least 4 members (excludes halogenated alkanes) is 1. The lowest BCUT2D eigenvalue weighted by Gasteiger charge is -2.00. The Morgan fingerprint density at radius 1 is 1.47 bits per heavy atom. The lowest BCUT2D eigenvalue weighted by molar-refractivity contribution is 0.581. The van der Waals surface area contributed by atoms with Gasteiger partial charge in [-0.25, -0.2) is 14.6 Å². The quantitative estimate of drug-likeness (QED) is 0.877. The summed E-state index contributed by atoms with van der Waals surface area (Å²) in [6.07, 6.45) is 3.72. The van der Waals surface area contributed by atoms with Crippen molar-refractivity contribution in [1.29, 1.82) is 0 Å². The molecule has 2 aromatic rings. The summed E-state index contributed by atoms with van der Waals surface area (Å²) in [5.41, 5.74) is 6.62. The second kappa shape index (κ2) is 4.30. The lowest BCUT2D eigenvalue weighted by Crippen LogP contribution is -2.01. The third-order valence-electron chi connectivity index (χ3n) is 2.24. The largest absolute Gasteiger partial charge is 0.383 e. The van der Waals surface area contributed by atoms with Crippen LogP contribution in [-0.4, -0.2) is 19.7 Å². The molecule has 0 saturated heterocycles. The molecule has 2 heterocycles. The molecule has 0 aliphatic heterocycles. The zero-order valence-electron chi connectivity index (χ0n) is 8.44. The molecule has 5 nitrogen and oxygen atoms in total. The number of aromatic nitrogens is 4. The van der Waals surface area contributed by atoms with Gasteiger partial charge in [-0.2, -0.15) is 5.10 Å². The number of halogens is 1. The molecule has 0 spiro atoms. The van der Waals surface area contributed by atoms with Gasteiger partial charge in [0.15, 0.2) is 5.65 Å². The summed E-state index contributed by atoms with van der Waals surface area (Å²) in [5.74, 6) is 0.507. The van der Waals surface area contributed by atoms with E-state index in [4.69, 9.17) is 5.73 Å².